The standard InChI is InChI=1S/C16H28N6O/c17-12(10-21-14(15(18)23)5-3-7-22-20)8-11-9-16(19)6-2-1-4-13(11)16/h1-2,4,6,9,12-14,21-22H,3,5,7-8,10,17,19-20H2,(H2,18,23)/t12-,13?,14?,16-/m0/s1. The molecular formula is C16H28N6O. The summed E-state index contributed by atoms with van der Waals surface area (Å²) in [4.78, 5) is 11.4. The first-order chi connectivity index (χ1) is 11.0. The number of allylic oxidation sites excluding steroid dienone is 2. The molecule has 0 fully saturated rings. The van der Waals surface area contributed by atoms with Crippen molar-refractivity contribution in [3.05, 3.63) is 36.0 Å². The molecule has 0 bridgehead atoms. The highest BCUT2D eigenvalue weighted by Crippen LogP contribution is 2.41. The molecule has 2 unspecified atom stereocenters. The van der Waals surface area contributed by atoms with E-state index in [0.29, 0.717) is 19.5 Å². The lowest BCUT2D eigenvalue weighted by molar-refractivity contribution is -0.120. The number of primary amides is 1. The number of carbonyl (C=O) groups excluding carboxylic acids is 1. The molecule has 0 saturated heterocycles. The van der Waals surface area contributed by atoms with Gasteiger partial charge in [0.15, 0.2) is 0 Å². The van der Waals surface area contributed by atoms with Gasteiger partial charge in [0.25, 0.3) is 0 Å². The van der Waals surface area contributed by atoms with E-state index in [1.54, 1.807) is 0 Å². The molecule has 0 aliphatic heterocycles. The molecule has 0 saturated carbocycles. The minimum absolute atomic E-state index is 0.0837. The fourth-order valence-corrected chi connectivity index (χ4v) is 3.17. The minimum Gasteiger partial charge on any atom is -0.368 e. The molecule has 0 aromatic rings. The van der Waals surface area contributed by atoms with Crippen molar-refractivity contribution >= 4 is 5.91 Å². The predicted octanol–water partition coefficient (Wildman–Crippen LogP) is -1.23. The zero-order chi connectivity index (χ0) is 16.9. The van der Waals surface area contributed by atoms with Crippen LogP contribution in [0.25, 0.3) is 0 Å². The smallest absolute Gasteiger partial charge is 0.234 e. The van der Waals surface area contributed by atoms with Gasteiger partial charge in [-0.3, -0.25) is 16.1 Å². The number of carbonyl (C=O) groups is 1. The van der Waals surface area contributed by atoms with Crippen molar-refractivity contribution in [2.75, 3.05) is 13.1 Å². The molecule has 0 radical (unpaired) electrons. The van der Waals surface area contributed by atoms with Crippen molar-refractivity contribution in [2.24, 2.45) is 29.0 Å². The van der Waals surface area contributed by atoms with Gasteiger partial charge in [-0.05, 0) is 19.3 Å². The van der Waals surface area contributed by atoms with Crippen LogP contribution in [-0.4, -0.2) is 36.6 Å². The molecule has 0 aromatic carbocycles. The quantitative estimate of drug-likeness (QED) is 0.129. The van der Waals surface area contributed by atoms with Gasteiger partial charge < -0.3 is 22.5 Å². The second-order valence-corrected chi connectivity index (χ2v) is 6.36. The Morgan fingerprint density at radius 1 is 1.39 bits per heavy atom. The van der Waals surface area contributed by atoms with Gasteiger partial charge >= 0.3 is 0 Å². The van der Waals surface area contributed by atoms with E-state index >= 15 is 0 Å². The second kappa shape index (κ2) is 7.85. The van der Waals surface area contributed by atoms with Crippen LogP contribution in [-0.2, 0) is 4.79 Å². The zero-order valence-corrected chi connectivity index (χ0v) is 13.4. The van der Waals surface area contributed by atoms with Crippen molar-refractivity contribution in [1.29, 1.82) is 0 Å². The van der Waals surface area contributed by atoms with Crippen LogP contribution in [0, 0.1) is 5.92 Å². The Kier molecular flexibility index (Phi) is 6.09. The number of nitrogens with one attached hydrogen (secondary N) is 2. The van der Waals surface area contributed by atoms with Crippen LogP contribution in [0.15, 0.2) is 36.0 Å². The van der Waals surface area contributed by atoms with Gasteiger partial charge in [0.1, 0.15) is 0 Å². The summed E-state index contributed by atoms with van der Waals surface area (Å²) in [6, 6.07) is -0.463. The van der Waals surface area contributed by atoms with E-state index in [1.807, 2.05) is 18.2 Å². The summed E-state index contributed by atoms with van der Waals surface area (Å²) in [7, 11) is 0. The minimum atomic E-state index is -0.379. The molecule has 128 valence electrons. The topological polar surface area (TPSA) is 145 Å². The molecule has 23 heavy (non-hydrogen) atoms. The summed E-state index contributed by atoms with van der Waals surface area (Å²) in [6.45, 7) is 1.18. The van der Waals surface area contributed by atoms with Crippen molar-refractivity contribution in [2.45, 2.75) is 36.9 Å². The van der Waals surface area contributed by atoms with Gasteiger partial charge in [0.2, 0.25) is 5.91 Å². The van der Waals surface area contributed by atoms with Crippen molar-refractivity contribution in [3.63, 3.8) is 0 Å². The van der Waals surface area contributed by atoms with Crippen LogP contribution in [0.5, 0.6) is 0 Å². The highest BCUT2D eigenvalue weighted by molar-refractivity contribution is 5.79. The molecule has 2 aliphatic carbocycles. The first-order valence-corrected chi connectivity index (χ1v) is 8.04. The van der Waals surface area contributed by atoms with Crippen molar-refractivity contribution in [3.8, 4) is 0 Å². The molecule has 0 spiro atoms. The lowest BCUT2D eigenvalue weighted by Gasteiger charge is -2.44. The van der Waals surface area contributed by atoms with Gasteiger partial charge in [-0.1, -0.05) is 36.0 Å². The van der Waals surface area contributed by atoms with E-state index < -0.39 is 0 Å². The first kappa shape index (κ1) is 17.8. The SMILES string of the molecule is NNCCCC(NC[C@@H](N)CC1=C[C@@]2(N)C=CC=CC12)C(N)=O. The average molecular weight is 320 g/mol. The number of nitrogens with two attached hydrogens (primary N) is 4. The molecule has 0 heterocycles. The number of rotatable bonds is 10. The number of hydrogen-bond donors (Lipinski definition) is 6. The molecular weight excluding hydrogens is 292 g/mol. The summed E-state index contributed by atoms with van der Waals surface area (Å²) in [6.07, 6.45) is 12.4. The number of amides is 1. The molecule has 10 N–H and O–H groups in total. The summed E-state index contributed by atoms with van der Waals surface area (Å²) < 4.78 is 0. The monoisotopic (exact) mass is 320 g/mol. The third-order valence-electron chi connectivity index (χ3n) is 4.45. The van der Waals surface area contributed by atoms with Crippen molar-refractivity contribution < 1.29 is 4.79 Å². The van der Waals surface area contributed by atoms with Gasteiger partial charge in [0, 0.05) is 25.0 Å². The fourth-order valence-electron chi connectivity index (χ4n) is 3.17. The van der Waals surface area contributed by atoms with Gasteiger partial charge in [0.05, 0.1) is 11.6 Å². The van der Waals surface area contributed by atoms with E-state index in [1.165, 1.54) is 5.57 Å². The Hall–Kier alpha value is -1.51. The lowest BCUT2D eigenvalue weighted by atomic mass is 9.65. The maximum atomic E-state index is 11.4. The van der Waals surface area contributed by atoms with Gasteiger partial charge in [-0.25, -0.2) is 0 Å². The Balaban J connectivity index is 1.77. The molecule has 0 aromatic heterocycles. The fraction of sp³-hybridized carbons (Fsp3) is 0.562. The molecule has 2 aliphatic rings. The normalized spacial score (nSPS) is 27.8. The summed E-state index contributed by atoms with van der Waals surface area (Å²) >= 11 is 0. The molecule has 7 heteroatoms. The average Bonchev–Trinajstić information content (AvgIpc) is 2.48. The van der Waals surface area contributed by atoms with E-state index in [-0.39, 0.29) is 29.4 Å². The summed E-state index contributed by atoms with van der Waals surface area (Å²) in [5.74, 6) is 5.10. The predicted molar refractivity (Wildman–Crippen MR) is 91.8 cm³/mol. The third kappa shape index (κ3) is 4.49. The highest BCUT2D eigenvalue weighted by atomic mass is 16.1. The Morgan fingerprint density at radius 2 is 2.17 bits per heavy atom. The van der Waals surface area contributed by atoms with Gasteiger partial charge in [-0.15, -0.1) is 0 Å². The Morgan fingerprint density at radius 3 is 2.83 bits per heavy atom. The Labute approximate surface area is 137 Å². The molecule has 4 atom stereocenters. The number of hydrogen-bond acceptors (Lipinski definition) is 6. The Bertz CT molecular complexity index is 515. The zero-order valence-electron chi connectivity index (χ0n) is 13.4. The molecule has 1 amide bonds. The first-order valence-electron chi connectivity index (χ1n) is 8.04. The van der Waals surface area contributed by atoms with Crippen LogP contribution in [0.1, 0.15) is 19.3 Å². The van der Waals surface area contributed by atoms with E-state index in [9.17, 15) is 4.79 Å². The number of hydrazine groups is 1. The van der Waals surface area contributed by atoms with Crippen LogP contribution in [0.2, 0.25) is 0 Å². The van der Waals surface area contributed by atoms with E-state index in [0.717, 1.165) is 12.8 Å². The summed E-state index contributed by atoms with van der Waals surface area (Å²) in [5, 5.41) is 3.15. The van der Waals surface area contributed by atoms with Crippen LogP contribution >= 0.6 is 0 Å². The van der Waals surface area contributed by atoms with Gasteiger partial charge in [-0.2, -0.15) is 0 Å². The number of fused-ring (bicyclic) bond motifs is 1. The summed E-state index contributed by atoms with van der Waals surface area (Å²) in [5.41, 5.74) is 21.3. The van der Waals surface area contributed by atoms with Crippen molar-refractivity contribution in [1.82, 2.24) is 10.7 Å². The lowest BCUT2D eigenvalue weighted by Crippen LogP contribution is -2.53. The highest BCUT2D eigenvalue weighted by Gasteiger charge is 2.41. The van der Waals surface area contributed by atoms with Crippen LogP contribution in [0.3, 0.4) is 0 Å². The molecule has 2 rings (SSSR count). The van der Waals surface area contributed by atoms with E-state index in [2.05, 4.69) is 22.9 Å². The van der Waals surface area contributed by atoms with Crippen LogP contribution in [0.4, 0.5) is 0 Å². The van der Waals surface area contributed by atoms with Crippen LogP contribution < -0.4 is 33.8 Å². The third-order valence-corrected chi connectivity index (χ3v) is 4.45. The maximum absolute atomic E-state index is 11.4. The maximum Gasteiger partial charge on any atom is 0.234 e. The largest absolute Gasteiger partial charge is 0.368 e. The van der Waals surface area contributed by atoms with E-state index in [4.69, 9.17) is 23.0 Å². The second-order valence-electron chi connectivity index (χ2n) is 6.36. The molecule has 7 nitrogen and oxygen atoms in total.